The highest BCUT2D eigenvalue weighted by Crippen LogP contribution is 2.36. The lowest BCUT2D eigenvalue weighted by Crippen LogP contribution is -2.09. The minimum atomic E-state index is -4.26. The highest BCUT2D eigenvalue weighted by Gasteiger charge is 2.34. The summed E-state index contributed by atoms with van der Waals surface area (Å²) in [6.45, 7) is 1.45. The van der Waals surface area contributed by atoms with Crippen molar-refractivity contribution < 1.29 is 13.2 Å². The molecule has 0 aliphatic heterocycles. The maximum atomic E-state index is 12.4. The number of hydrogen-bond donors (Lipinski definition) is 0. The van der Waals surface area contributed by atoms with E-state index in [-0.39, 0.29) is 9.13 Å². The van der Waals surface area contributed by atoms with E-state index in [0.717, 1.165) is 0 Å². The molecule has 1 aromatic rings. The Labute approximate surface area is 95.8 Å². The molecule has 0 fully saturated rings. The molecule has 0 aromatic heterocycles. The topological polar surface area (TPSA) is 0 Å². The SMILES string of the molecule is Cc1cc(Br)cc(I)c1C(F)(F)F. The first kappa shape index (κ1) is 11.3. The van der Waals surface area contributed by atoms with Crippen LogP contribution in [0.25, 0.3) is 0 Å². The van der Waals surface area contributed by atoms with Crippen molar-refractivity contribution in [1.82, 2.24) is 0 Å². The minimum absolute atomic E-state index is 0.219. The molecule has 0 aliphatic carbocycles. The summed E-state index contributed by atoms with van der Waals surface area (Å²) in [5.41, 5.74) is -0.303. The first-order valence-corrected chi connectivity index (χ1v) is 5.22. The molecule has 0 saturated heterocycles. The van der Waals surface area contributed by atoms with E-state index in [1.165, 1.54) is 19.1 Å². The molecular weight excluding hydrogens is 360 g/mol. The summed E-state index contributed by atoms with van der Waals surface area (Å²) in [6.07, 6.45) is -4.26. The zero-order chi connectivity index (χ0) is 10.2. The standard InChI is InChI=1S/C8H5BrF3I/c1-4-2-5(9)3-6(13)7(4)8(10,11)12/h2-3H,1H3. The third kappa shape index (κ3) is 2.59. The molecule has 0 N–H and O–H groups in total. The summed E-state index contributed by atoms with van der Waals surface area (Å²) in [4.78, 5) is 0. The van der Waals surface area contributed by atoms with E-state index in [2.05, 4.69) is 15.9 Å². The molecule has 0 amide bonds. The average Bonchev–Trinajstić information content (AvgIpc) is 1.78. The lowest BCUT2D eigenvalue weighted by atomic mass is 10.1. The van der Waals surface area contributed by atoms with Crippen LogP contribution in [0, 0.1) is 10.5 Å². The highest BCUT2D eigenvalue weighted by atomic mass is 127. The zero-order valence-corrected chi connectivity index (χ0v) is 10.3. The van der Waals surface area contributed by atoms with Crippen molar-refractivity contribution in [3.8, 4) is 0 Å². The Morgan fingerprint density at radius 2 is 1.85 bits per heavy atom. The minimum Gasteiger partial charge on any atom is -0.166 e. The van der Waals surface area contributed by atoms with Crippen LogP contribution in [0.5, 0.6) is 0 Å². The molecular formula is C8H5BrF3I. The van der Waals surface area contributed by atoms with Gasteiger partial charge in [-0.2, -0.15) is 13.2 Å². The molecule has 1 aromatic carbocycles. The van der Waals surface area contributed by atoms with Crippen LogP contribution >= 0.6 is 38.5 Å². The monoisotopic (exact) mass is 364 g/mol. The van der Waals surface area contributed by atoms with Gasteiger partial charge in [0.1, 0.15) is 0 Å². The van der Waals surface area contributed by atoms with Gasteiger partial charge in [0.05, 0.1) is 5.56 Å². The summed E-state index contributed by atoms with van der Waals surface area (Å²) in [7, 11) is 0. The Morgan fingerprint density at radius 1 is 1.31 bits per heavy atom. The van der Waals surface area contributed by atoms with Crippen LogP contribution in [0.1, 0.15) is 11.1 Å². The van der Waals surface area contributed by atoms with Crippen molar-refractivity contribution in [2.75, 3.05) is 0 Å². The van der Waals surface area contributed by atoms with Crippen LogP contribution in [0.3, 0.4) is 0 Å². The van der Waals surface area contributed by atoms with E-state index in [4.69, 9.17) is 0 Å². The third-order valence-electron chi connectivity index (χ3n) is 1.54. The fraction of sp³-hybridized carbons (Fsp3) is 0.250. The summed E-state index contributed by atoms with van der Waals surface area (Å²) < 4.78 is 38.2. The van der Waals surface area contributed by atoms with Gasteiger partial charge in [-0.25, -0.2) is 0 Å². The van der Waals surface area contributed by atoms with Crippen molar-refractivity contribution in [3.63, 3.8) is 0 Å². The number of benzene rings is 1. The van der Waals surface area contributed by atoms with Gasteiger partial charge in [-0.15, -0.1) is 0 Å². The van der Waals surface area contributed by atoms with E-state index in [9.17, 15) is 13.2 Å². The predicted molar refractivity (Wildman–Crippen MR) is 56.6 cm³/mol. The second-order valence-electron chi connectivity index (χ2n) is 2.58. The average molecular weight is 365 g/mol. The molecule has 0 aliphatic rings. The highest BCUT2D eigenvalue weighted by molar-refractivity contribution is 14.1. The van der Waals surface area contributed by atoms with Crippen LogP contribution in [-0.2, 0) is 6.18 Å². The Kier molecular flexibility index (Phi) is 3.27. The number of rotatable bonds is 0. The van der Waals surface area contributed by atoms with Crippen molar-refractivity contribution >= 4 is 38.5 Å². The Balaban J connectivity index is 3.38. The van der Waals surface area contributed by atoms with Gasteiger partial charge in [-0.3, -0.25) is 0 Å². The molecule has 72 valence electrons. The zero-order valence-electron chi connectivity index (χ0n) is 6.54. The Morgan fingerprint density at radius 3 is 2.23 bits per heavy atom. The van der Waals surface area contributed by atoms with Crippen molar-refractivity contribution in [1.29, 1.82) is 0 Å². The van der Waals surface area contributed by atoms with Crippen LogP contribution in [-0.4, -0.2) is 0 Å². The third-order valence-corrected chi connectivity index (χ3v) is 2.84. The van der Waals surface area contributed by atoms with Gasteiger partial charge >= 0.3 is 6.18 Å². The molecule has 5 heteroatoms. The molecule has 0 bridgehead atoms. The molecule has 13 heavy (non-hydrogen) atoms. The Bertz CT molecular complexity index is 310. The van der Waals surface area contributed by atoms with E-state index in [1.807, 2.05) is 0 Å². The summed E-state index contributed by atoms with van der Waals surface area (Å²) in [6, 6.07) is 2.92. The van der Waals surface area contributed by atoms with Gasteiger partial charge in [-0.1, -0.05) is 15.9 Å². The van der Waals surface area contributed by atoms with Gasteiger partial charge in [0.25, 0.3) is 0 Å². The van der Waals surface area contributed by atoms with Gasteiger partial charge in [0, 0.05) is 8.04 Å². The summed E-state index contributed by atoms with van der Waals surface area (Å²) >= 11 is 4.83. The van der Waals surface area contributed by atoms with Crippen LogP contribution < -0.4 is 0 Å². The molecule has 0 nitrogen and oxygen atoms in total. The lowest BCUT2D eigenvalue weighted by molar-refractivity contribution is -0.138. The van der Waals surface area contributed by atoms with Crippen molar-refractivity contribution in [2.45, 2.75) is 13.1 Å². The largest absolute Gasteiger partial charge is 0.417 e. The molecule has 0 radical (unpaired) electrons. The molecule has 0 saturated carbocycles. The summed E-state index contributed by atoms with van der Waals surface area (Å²) in [5, 5.41) is 0. The van der Waals surface area contributed by atoms with Crippen LogP contribution in [0.15, 0.2) is 16.6 Å². The molecule has 1 rings (SSSR count). The quantitative estimate of drug-likeness (QED) is 0.599. The maximum Gasteiger partial charge on any atom is 0.417 e. The Hall–Kier alpha value is 0.220. The van der Waals surface area contributed by atoms with Crippen molar-refractivity contribution in [2.24, 2.45) is 0 Å². The first-order valence-electron chi connectivity index (χ1n) is 3.35. The second-order valence-corrected chi connectivity index (χ2v) is 4.66. The number of aryl methyl sites for hydroxylation is 1. The van der Waals surface area contributed by atoms with Crippen molar-refractivity contribution in [3.05, 3.63) is 31.3 Å². The van der Waals surface area contributed by atoms with Gasteiger partial charge in [0.15, 0.2) is 0 Å². The van der Waals surface area contributed by atoms with E-state index < -0.39 is 11.7 Å². The fourth-order valence-electron chi connectivity index (χ4n) is 1.06. The number of alkyl halides is 3. The normalized spacial score (nSPS) is 11.8. The van der Waals surface area contributed by atoms with E-state index in [0.29, 0.717) is 4.47 Å². The molecule has 0 spiro atoms. The second kappa shape index (κ2) is 3.76. The summed E-state index contributed by atoms with van der Waals surface area (Å²) in [5.74, 6) is 0. The molecule has 0 unspecified atom stereocenters. The smallest absolute Gasteiger partial charge is 0.166 e. The number of halogens is 5. The predicted octanol–water partition coefficient (Wildman–Crippen LogP) is 4.38. The van der Waals surface area contributed by atoms with Gasteiger partial charge in [0.2, 0.25) is 0 Å². The number of hydrogen-bond acceptors (Lipinski definition) is 0. The molecule has 0 heterocycles. The maximum absolute atomic E-state index is 12.4. The lowest BCUT2D eigenvalue weighted by Gasteiger charge is -2.12. The molecule has 0 atom stereocenters. The fourth-order valence-corrected chi connectivity index (χ4v) is 3.13. The van der Waals surface area contributed by atoms with Crippen LogP contribution in [0.2, 0.25) is 0 Å². The first-order chi connectivity index (χ1) is 5.82. The van der Waals surface area contributed by atoms with E-state index in [1.54, 1.807) is 22.6 Å². The van der Waals surface area contributed by atoms with Crippen LogP contribution in [0.4, 0.5) is 13.2 Å². The van der Waals surface area contributed by atoms with Gasteiger partial charge in [-0.05, 0) is 47.2 Å². The van der Waals surface area contributed by atoms with E-state index >= 15 is 0 Å². The van der Waals surface area contributed by atoms with Gasteiger partial charge < -0.3 is 0 Å².